The molecule has 0 bridgehead atoms. The maximum atomic E-state index is 9.48. The Bertz CT molecular complexity index is 119. The van der Waals surface area contributed by atoms with E-state index in [1.54, 1.807) is 0 Å². The van der Waals surface area contributed by atoms with Gasteiger partial charge in [-0.15, -0.1) is 0 Å². The molecule has 2 atom stereocenters. The molecule has 0 saturated carbocycles. The molecule has 1 heterocycles. The van der Waals surface area contributed by atoms with Gasteiger partial charge in [-0.3, -0.25) is 0 Å². The lowest BCUT2D eigenvalue weighted by Crippen LogP contribution is -2.23. The van der Waals surface area contributed by atoms with Gasteiger partial charge in [0.25, 0.3) is 0 Å². The van der Waals surface area contributed by atoms with E-state index in [0.29, 0.717) is 0 Å². The van der Waals surface area contributed by atoms with Crippen LogP contribution in [0.15, 0.2) is 0 Å². The minimum absolute atomic E-state index is 0.0972. The fourth-order valence-electron chi connectivity index (χ4n) is 1.49. The SMILES string of the molecule is CN1CC[C@H](CO)[C@H](O)CC1. The second kappa shape index (κ2) is 4.04. The topological polar surface area (TPSA) is 43.7 Å². The van der Waals surface area contributed by atoms with Crippen LogP contribution < -0.4 is 0 Å². The van der Waals surface area contributed by atoms with Crippen molar-refractivity contribution in [3.63, 3.8) is 0 Å². The molecule has 0 amide bonds. The molecule has 0 aliphatic carbocycles. The summed E-state index contributed by atoms with van der Waals surface area (Å²) >= 11 is 0. The number of nitrogens with zero attached hydrogens (tertiary/aromatic N) is 1. The van der Waals surface area contributed by atoms with Gasteiger partial charge in [0.1, 0.15) is 0 Å². The van der Waals surface area contributed by atoms with Crippen LogP contribution in [0.4, 0.5) is 0 Å². The molecule has 1 aliphatic heterocycles. The quantitative estimate of drug-likeness (QED) is 0.551. The molecule has 0 aromatic carbocycles. The second-order valence-electron chi connectivity index (χ2n) is 3.39. The number of aliphatic hydroxyl groups excluding tert-OH is 2. The highest BCUT2D eigenvalue weighted by Crippen LogP contribution is 2.16. The molecule has 0 aromatic rings. The predicted octanol–water partition coefficient (Wildman–Crippen LogP) is -0.319. The minimum Gasteiger partial charge on any atom is -0.396 e. The van der Waals surface area contributed by atoms with Crippen LogP contribution in [0, 0.1) is 5.92 Å². The van der Waals surface area contributed by atoms with Crippen molar-refractivity contribution in [2.45, 2.75) is 18.9 Å². The van der Waals surface area contributed by atoms with Crippen LogP contribution in [-0.4, -0.2) is 48.0 Å². The van der Waals surface area contributed by atoms with E-state index in [4.69, 9.17) is 5.11 Å². The predicted molar refractivity (Wildman–Crippen MR) is 43.3 cm³/mol. The van der Waals surface area contributed by atoms with Crippen molar-refractivity contribution in [2.75, 3.05) is 26.7 Å². The fourth-order valence-corrected chi connectivity index (χ4v) is 1.49. The maximum Gasteiger partial charge on any atom is 0.0602 e. The molecule has 1 rings (SSSR count). The van der Waals surface area contributed by atoms with Crippen LogP contribution in [0.1, 0.15) is 12.8 Å². The third-order valence-corrected chi connectivity index (χ3v) is 2.47. The summed E-state index contributed by atoms with van der Waals surface area (Å²) in [6.07, 6.45) is 1.40. The molecule has 0 radical (unpaired) electrons. The van der Waals surface area contributed by atoms with Crippen molar-refractivity contribution in [3.05, 3.63) is 0 Å². The third kappa shape index (κ3) is 2.43. The van der Waals surface area contributed by atoms with Crippen LogP contribution in [0.2, 0.25) is 0 Å². The lowest BCUT2D eigenvalue weighted by Gasteiger charge is -2.16. The van der Waals surface area contributed by atoms with Gasteiger partial charge in [-0.2, -0.15) is 0 Å². The van der Waals surface area contributed by atoms with E-state index in [1.807, 2.05) is 7.05 Å². The Labute approximate surface area is 67.6 Å². The van der Waals surface area contributed by atoms with E-state index in [9.17, 15) is 5.11 Å². The van der Waals surface area contributed by atoms with Gasteiger partial charge < -0.3 is 15.1 Å². The van der Waals surface area contributed by atoms with Crippen molar-refractivity contribution in [1.82, 2.24) is 4.90 Å². The zero-order chi connectivity index (χ0) is 8.27. The minimum atomic E-state index is -0.301. The molecule has 3 heteroatoms. The Balaban J connectivity index is 2.41. The first-order valence-corrected chi connectivity index (χ1v) is 4.21. The van der Waals surface area contributed by atoms with E-state index >= 15 is 0 Å². The molecule has 0 unspecified atom stereocenters. The molecule has 2 N–H and O–H groups in total. The third-order valence-electron chi connectivity index (χ3n) is 2.47. The molecule has 1 fully saturated rings. The molecular weight excluding hydrogens is 142 g/mol. The molecule has 66 valence electrons. The summed E-state index contributed by atoms with van der Waals surface area (Å²) in [5.74, 6) is 0.0972. The average molecular weight is 159 g/mol. The summed E-state index contributed by atoms with van der Waals surface area (Å²) in [7, 11) is 2.05. The van der Waals surface area contributed by atoms with Gasteiger partial charge in [-0.1, -0.05) is 0 Å². The smallest absolute Gasteiger partial charge is 0.0602 e. The van der Waals surface area contributed by atoms with Gasteiger partial charge in [-0.05, 0) is 26.4 Å². The zero-order valence-electron chi connectivity index (χ0n) is 7.03. The van der Waals surface area contributed by atoms with Crippen molar-refractivity contribution in [3.8, 4) is 0 Å². The van der Waals surface area contributed by atoms with Gasteiger partial charge in [-0.25, -0.2) is 0 Å². The zero-order valence-corrected chi connectivity index (χ0v) is 7.03. The molecule has 3 nitrogen and oxygen atoms in total. The molecular formula is C8H17NO2. The Hall–Kier alpha value is -0.120. The number of rotatable bonds is 1. The summed E-state index contributed by atoms with van der Waals surface area (Å²) in [5.41, 5.74) is 0. The number of hydrogen-bond donors (Lipinski definition) is 2. The first-order chi connectivity index (χ1) is 5.24. The lowest BCUT2D eigenvalue weighted by atomic mass is 9.99. The van der Waals surface area contributed by atoms with Crippen LogP contribution in [-0.2, 0) is 0 Å². The van der Waals surface area contributed by atoms with Crippen molar-refractivity contribution >= 4 is 0 Å². The highest BCUT2D eigenvalue weighted by atomic mass is 16.3. The summed E-state index contributed by atoms with van der Waals surface area (Å²) < 4.78 is 0. The van der Waals surface area contributed by atoms with Gasteiger partial charge >= 0.3 is 0 Å². The van der Waals surface area contributed by atoms with Crippen LogP contribution in [0.25, 0.3) is 0 Å². The van der Waals surface area contributed by atoms with E-state index in [-0.39, 0.29) is 18.6 Å². The van der Waals surface area contributed by atoms with Gasteiger partial charge in [0, 0.05) is 19.1 Å². The van der Waals surface area contributed by atoms with Gasteiger partial charge in [0.15, 0.2) is 0 Å². The van der Waals surface area contributed by atoms with Gasteiger partial charge in [0.05, 0.1) is 6.10 Å². The molecule has 11 heavy (non-hydrogen) atoms. The first kappa shape index (κ1) is 8.97. The summed E-state index contributed by atoms with van der Waals surface area (Å²) in [6, 6.07) is 0. The number of aliphatic hydroxyl groups is 2. The maximum absolute atomic E-state index is 9.48. The standard InChI is InChI=1S/C8H17NO2/c1-9-4-2-7(6-10)8(11)3-5-9/h7-8,10-11H,2-6H2,1H3/t7-,8-/m1/s1. The molecule has 0 aromatic heterocycles. The summed E-state index contributed by atoms with van der Waals surface area (Å²) in [4.78, 5) is 2.19. The van der Waals surface area contributed by atoms with E-state index in [2.05, 4.69) is 4.90 Å². The largest absolute Gasteiger partial charge is 0.396 e. The Morgan fingerprint density at radius 2 is 2.00 bits per heavy atom. The lowest BCUT2D eigenvalue weighted by molar-refractivity contribution is 0.0654. The Morgan fingerprint density at radius 1 is 1.36 bits per heavy atom. The van der Waals surface area contributed by atoms with Crippen LogP contribution in [0.5, 0.6) is 0 Å². The highest BCUT2D eigenvalue weighted by molar-refractivity contribution is 4.74. The van der Waals surface area contributed by atoms with E-state index in [0.717, 1.165) is 25.9 Å². The normalized spacial score (nSPS) is 35.2. The van der Waals surface area contributed by atoms with E-state index in [1.165, 1.54) is 0 Å². The van der Waals surface area contributed by atoms with Crippen LogP contribution in [0.3, 0.4) is 0 Å². The first-order valence-electron chi connectivity index (χ1n) is 4.21. The second-order valence-corrected chi connectivity index (χ2v) is 3.39. The fraction of sp³-hybridized carbons (Fsp3) is 1.00. The summed E-state index contributed by atoms with van der Waals surface area (Å²) in [5, 5.41) is 18.4. The number of likely N-dealkylation sites (tertiary alicyclic amines) is 1. The monoisotopic (exact) mass is 159 g/mol. The van der Waals surface area contributed by atoms with Crippen LogP contribution >= 0.6 is 0 Å². The summed E-state index contributed by atoms with van der Waals surface area (Å²) in [6.45, 7) is 2.05. The van der Waals surface area contributed by atoms with E-state index < -0.39 is 0 Å². The highest BCUT2D eigenvalue weighted by Gasteiger charge is 2.22. The number of hydrogen-bond acceptors (Lipinski definition) is 3. The van der Waals surface area contributed by atoms with Gasteiger partial charge in [0.2, 0.25) is 0 Å². The Kier molecular flexibility index (Phi) is 3.30. The van der Waals surface area contributed by atoms with Crippen molar-refractivity contribution in [1.29, 1.82) is 0 Å². The van der Waals surface area contributed by atoms with Crippen molar-refractivity contribution < 1.29 is 10.2 Å². The molecule has 1 saturated heterocycles. The van der Waals surface area contributed by atoms with Crippen molar-refractivity contribution in [2.24, 2.45) is 5.92 Å². The Morgan fingerprint density at radius 3 is 2.64 bits per heavy atom. The molecule has 1 aliphatic rings. The average Bonchev–Trinajstić information content (AvgIpc) is 2.15. The molecule has 0 spiro atoms.